The third-order valence-electron chi connectivity index (χ3n) is 2.72. The molecule has 0 aliphatic carbocycles. The van der Waals surface area contributed by atoms with Crippen molar-refractivity contribution in [3.63, 3.8) is 0 Å². The molecule has 2 rings (SSSR count). The van der Waals surface area contributed by atoms with Gasteiger partial charge >= 0.3 is 5.97 Å². The van der Waals surface area contributed by atoms with Crippen molar-refractivity contribution in [2.45, 2.75) is 38.3 Å². The van der Waals surface area contributed by atoms with Gasteiger partial charge in [0.1, 0.15) is 6.10 Å². The van der Waals surface area contributed by atoms with Crippen molar-refractivity contribution in [3.8, 4) is 0 Å². The fourth-order valence-corrected chi connectivity index (χ4v) is 1.91. The highest BCUT2D eigenvalue weighted by molar-refractivity contribution is 5.66. The predicted octanol–water partition coefficient (Wildman–Crippen LogP) is 0.777. The lowest BCUT2D eigenvalue weighted by atomic mass is 10.1. The van der Waals surface area contributed by atoms with Crippen LogP contribution in [0.3, 0.4) is 0 Å². The maximum atomic E-state index is 10.4. The van der Waals surface area contributed by atoms with Gasteiger partial charge < -0.3 is 9.84 Å². The zero-order chi connectivity index (χ0) is 11.5. The molecule has 0 fully saturated rings. The van der Waals surface area contributed by atoms with Crippen molar-refractivity contribution in [3.05, 3.63) is 11.6 Å². The number of rotatable bonds is 4. The summed E-state index contributed by atoms with van der Waals surface area (Å²) in [6.45, 7) is 0.843. The largest absolute Gasteiger partial charge is 0.481 e. The maximum Gasteiger partial charge on any atom is 0.303 e. The molecule has 1 N–H and O–H groups in total. The molecule has 16 heavy (non-hydrogen) atoms. The van der Waals surface area contributed by atoms with Gasteiger partial charge in [0.2, 0.25) is 0 Å². The van der Waals surface area contributed by atoms with Crippen LogP contribution in [0.1, 0.15) is 37.0 Å². The molecular weight excluding hydrogens is 210 g/mol. The Balaban J connectivity index is 2.12. The van der Waals surface area contributed by atoms with Crippen molar-refractivity contribution in [2.75, 3.05) is 7.11 Å². The van der Waals surface area contributed by atoms with Crippen LogP contribution in [0, 0.1) is 0 Å². The number of fused-ring (bicyclic) bond motifs is 1. The molecule has 1 aromatic rings. The molecule has 0 spiro atoms. The summed E-state index contributed by atoms with van der Waals surface area (Å²) in [6, 6.07) is 0. The first-order chi connectivity index (χ1) is 7.70. The Hall–Kier alpha value is -1.43. The number of carboxylic acid groups (broad SMARTS) is 1. The molecule has 1 aliphatic heterocycles. The Bertz CT molecular complexity index is 389. The van der Waals surface area contributed by atoms with Gasteiger partial charge in [0.05, 0.1) is 6.42 Å². The highest BCUT2D eigenvalue weighted by Gasteiger charge is 2.23. The van der Waals surface area contributed by atoms with Gasteiger partial charge in [-0.25, -0.2) is 9.67 Å². The summed E-state index contributed by atoms with van der Waals surface area (Å²) >= 11 is 0. The molecular formula is C10H15N3O3. The van der Waals surface area contributed by atoms with Crippen molar-refractivity contribution < 1.29 is 14.6 Å². The third-order valence-corrected chi connectivity index (χ3v) is 2.72. The van der Waals surface area contributed by atoms with E-state index in [1.54, 1.807) is 7.11 Å². The van der Waals surface area contributed by atoms with E-state index < -0.39 is 5.97 Å². The fraction of sp³-hybridized carbons (Fsp3) is 0.700. The number of aryl methyl sites for hydroxylation is 2. The van der Waals surface area contributed by atoms with E-state index in [9.17, 15) is 4.79 Å². The lowest BCUT2D eigenvalue weighted by Gasteiger charge is -2.20. The molecule has 0 bridgehead atoms. The van der Waals surface area contributed by atoms with Crippen LogP contribution in [-0.2, 0) is 22.5 Å². The number of hydrogen-bond donors (Lipinski definition) is 1. The van der Waals surface area contributed by atoms with E-state index >= 15 is 0 Å². The number of aliphatic carboxylic acids is 1. The maximum absolute atomic E-state index is 10.4. The van der Waals surface area contributed by atoms with E-state index in [0.29, 0.717) is 12.2 Å². The second-order valence-corrected chi connectivity index (χ2v) is 3.87. The quantitative estimate of drug-likeness (QED) is 0.819. The normalized spacial score (nSPS) is 19.4. The zero-order valence-corrected chi connectivity index (χ0v) is 9.22. The van der Waals surface area contributed by atoms with Crippen LogP contribution < -0.4 is 0 Å². The third kappa shape index (κ3) is 2.21. The average Bonchev–Trinajstić information content (AvgIpc) is 2.68. The van der Waals surface area contributed by atoms with Gasteiger partial charge in [0.25, 0.3) is 0 Å². The molecule has 0 aromatic carbocycles. The van der Waals surface area contributed by atoms with E-state index in [1.807, 2.05) is 4.68 Å². The number of aromatic nitrogens is 3. The first-order valence-corrected chi connectivity index (χ1v) is 5.39. The Labute approximate surface area is 93.2 Å². The van der Waals surface area contributed by atoms with Gasteiger partial charge in [-0.1, -0.05) is 0 Å². The summed E-state index contributed by atoms with van der Waals surface area (Å²) in [5.74, 6) is 0.603. The minimum Gasteiger partial charge on any atom is -0.481 e. The van der Waals surface area contributed by atoms with Crippen LogP contribution in [0.2, 0.25) is 0 Å². The van der Waals surface area contributed by atoms with E-state index in [1.165, 1.54) is 0 Å². The summed E-state index contributed by atoms with van der Waals surface area (Å²) in [7, 11) is 1.66. The molecule has 6 heteroatoms. The molecule has 2 heterocycles. The Kier molecular flexibility index (Phi) is 3.19. The summed E-state index contributed by atoms with van der Waals surface area (Å²) in [6.07, 6.45) is 2.42. The molecule has 1 atom stereocenters. The van der Waals surface area contributed by atoms with E-state index in [-0.39, 0.29) is 12.5 Å². The molecule has 0 radical (unpaired) electrons. The van der Waals surface area contributed by atoms with Crippen LogP contribution in [0.25, 0.3) is 0 Å². The predicted molar refractivity (Wildman–Crippen MR) is 55.0 cm³/mol. The SMILES string of the molecule is COC1CCCn2nc(CCC(=O)O)nc21. The summed E-state index contributed by atoms with van der Waals surface area (Å²) < 4.78 is 7.15. The van der Waals surface area contributed by atoms with Crippen LogP contribution >= 0.6 is 0 Å². The molecule has 6 nitrogen and oxygen atoms in total. The lowest BCUT2D eigenvalue weighted by Crippen LogP contribution is -2.18. The minimum atomic E-state index is -0.823. The van der Waals surface area contributed by atoms with Crippen molar-refractivity contribution >= 4 is 5.97 Å². The van der Waals surface area contributed by atoms with Gasteiger partial charge in [-0.3, -0.25) is 4.79 Å². The van der Waals surface area contributed by atoms with E-state index in [0.717, 1.165) is 25.2 Å². The van der Waals surface area contributed by atoms with E-state index in [4.69, 9.17) is 9.84 Å². The Morgan fingerprint density at radius 1 is 1.69 bits per heavy atom. The lowest BCUT2D eigenvalue weighted by molar-refractivity contribution is -0.137. The molecule has 0 saturated heterocycles. The minimum absolute atomic E-state index is 0.000159. The monoisotopic (exact) mass is 225 g/mol. The average molecular weight is 225 g/mol. The number of nitrogens with zero attached hydrogens (tertiary/aromatic N) is 3. The summed E-state index contributed by atoms with van der Waals surface area (Å²) in [4.78, 5) is 14.8. The summed E-state index contributed by atoms with van der Waals surface area (Å²) in [5, 5.41) is 12.9. The molecule has 1 aliphatic rings. The zero-order valence-electron chi connectivity index (χ0n) is 9.22. The van der Waals surface area contributed by atoms with Crippen LogP contribution in [0.15, 0.2) is 0 Å². The molecule has 88 valence electrons. The number of carbonyl (C=O) groups is 1. The first kappa shape index (κ1) is 11.1. The second kappa shape index (κ2) is 4.61. The van der Waals surface area contributed by atoms with Gasteiger partial charge in [-0.2, -0.15) is 5.10 Å². The Morgan fingerprint density at radius 3 is 3.19 bits per heavy atom. The smallest absolute Gasteiger partial charge is 0.303 e. The molecule has 1 aromatic heterocycles. The molecule has 1 unspecified atom stereocenters. The number of ether oxygens (including phenoxy) is 1. The molecule has 0 saturated carbocycles. The van der Waals surface area contributed by atoms with Gasteiger partial charge in [0.15, 0.2) is 11.6 Å². The number of methoxy groups -OCH3 is 1. The van der Waals surface area contributed by atoms with Crippen LogP contribution in [0.5, 0.6) is 0 Å². The molecule has 0 amide bonds. The topological polar surface area (TPSA) is 77.2 Å². The second-order valence-electron chi connectivity index (χ2n) is 3.87. The van der Waals surface area contributed by atoms with E-state index in [2.05, 4.69) is 10.1 Å². The van der Waals surface area contributed by atoms with Crippen molar-refractivity contribution in [2.24, 2.45) is 0 Å². The Morgan fingerprint density at radius 2 is 2.50 bits per heavy atom. The fourth-order valence-electron chi connectivity index (χ4n) is 1.91. The van der Waals surface area contributed by atoms with Gasteiger partial charge in [-0.15, -0.1) is 0 Å². The standard InChI is InChI=1S/C10H15N3O3/c1-16-7-3-2-6-13-10(7)11-8(12-13)4-5-9(14)15/h7H,2-6H2,1H3,(H,14,15). The highest BCUT2D eigenvalue weighted by atomic mass is 16.5. The van der Waals surface area contributed by atoms with Crippen LogP contribution in [-0.4, -0.2) is 33.0 Å². The number of hydrogen-bond acceptors (Lipinski definition) is 4. The summed E-state index contributed by atoms with van der Waals surface area (Å²) in [5.41, 5.74) is 0. The van der Waals surface area contributed by atoms with Crippen LogP contribution in [0.4, 0.5) is 0 Å². The highest BCUT2D eigenvalue weighted by Crippen LogP contribution is 2.25. The first-order valence-electron chi connectivity index (χ1n) is 5.39. The number of carboxylic acids is 1. The van der Waals surface area contributed by atoms with Crippen molar-refractivity contribution in [1.29, 1.82) is 0 Å². The van der Waals surface area contributed by atoms with Gasteiger partial charge in [0, 0.05) is 20.1 Å². The van der Waals surface area contributed by atoms with Gasteiger partial charge in [-0.05, 0) is 12.8 Å². The van der Waals surface area contributed by atoms with Crippen molar-refractivity contribution in [1.82, 2.24) is 14.8 Å².